The molecule has 0 spiro atoms. The van der Waals surface area contributed by atoms with Crippen molar-refractivity contribution in [3.05, 3.63) is 35.9 Å². The average Bonchev–Trinajstić information content (AvgIpc) is 2.26. The van der Waals surface area contributed by atoms with Gasteiger partial charge in [0.1, 0.15) is 0 Å². The van der Waals surface area contributed by atoms with Crippen molar-refractivity contribution in [2.75, 3.05) is 0 Å². The van der Waals surface area contributed by atoms with Crippen LogP contribution < -0.4 is 0 Å². The molecule has 1 aromatic carbocycles. The maximum absolute atomic E-state index is 11.5. The summed E-state index contributed by atoms with van der Waals surface area (Å²) in [6.45, 7) is 0. The second kappa shape index (κ2) is 6.18. The third kappa shape index (κ3) is 4.52. The second-order valence-electron chi connectivity index (χ2n) is 4.19. The minimum atomic E-state index is -5.02. The number of rotatable bonds is 6. The summed E-state index contributed by atoms with van der Waals surface area (Å²) in [5, 5.41) is 8.83. The van der Waals surface area contributed by atoms with Gasteiger partial charge in [-0.15, -0.1) is 0 Å². The van der Waals surface area contributed by atoms with Crippen LogP contribution in [0.2, 0.25) is 0 Å². The van der Waals surface area contributed by atoms with Gasteiger partial charge in [0.05, 0.1) is 5.66 Å². The molecule has 0 bridgehead atoms. The van der Waals surface area contributed by atoms with E-state index in [-0.39, 0.29) is 5.56 Å². The second-order valence-corrected chi connectivity index (χ2v) is 7.80. The monoisotopic (exact) mass is 324 g/mol. The summed E-state index contributed by atoms with van der Waals surface area (Å²) in [6.07, 6.45) is -0.853. The molecule has 0 aliphatic heterocycles. The molecule has 2 unspecified atom stereocenters. The summed E-state index contributed by atoms with van der Waals surface area (Å²) in [5.74, 6) is -1.80. The van der Waals surface area contributed by atoms with E-state index in [1.165, 1.54) is 24.3 Å². The highest BCUT2D eigenvalue weighted by Crippen LogP contribution is 2.57. The van der Waals surface area contributed by atoms with Gasteiger partial charge in [0.15, 0.2) is 5.66 Å². The van der Waals surface area contributed by atoms with Crippen LogP contribution in [-0.2, 0) is 13.9 Å². The lowest BCUT2D eigenvalue weighted by Gasteiger charge is -2.22. The summed E-state index contributed by atoms with van der Waals surface area (Å²) >= 11 is 0. The number of benzene rings is 1. The van der Waals surface area contributed by atoms with Crippen LogP contribution in [0, 0.1) is 0 Å². The van der Waals surface area contributed by atoms with Crippen molar-refractivity contribution in [3.8, 4) is 0 Å². The predicted octanol–water partition coefficient (Wildman–Crippen LogP) is 0.926. The van der Waals surface area contributed by atoms with Crippen LogP contribution in [0.3, 0.4) is 0 Å². The topological polar surface area (TPSA) is 152 Å². The van der Waals surface area contributed by atoms with Crippen molar-refractivity contribution in [2.45, 2.75) is 17.7 Å². The average molecular weight is 324 g/mol. The highest BCUT2D eigenvalue weighted by Gasteiger charge is 2.42. The van der Waals surface area contributed by atoms with Gasteiger partial charge in [0.25, 0.3) is 0 Å². The standard InChI is InChI=1S/C10H14O8P2/c11-10(12)9(20(16,17)18)6-8(19(13,14)15)7-4-2-1-3-5-7/h1-5,8-9H,6H2,(H,11,12)(H2,13,14,15)(H2,16,17,18). The fourth-order valence-electron chi connectivity index (χ4n) is 1.74. The number of carbonyl (C=O) groups is 1. The predicted molar refractivity (Wildman–Crippen MR) is 69.3 cm³/mol. The first kappa shape index (κ1) is 17.0. The highest BCUT2D eigenvalue weighted by molar-refractivity contribution is 7.54. The molecule has 0 saturated heterocycles. The van der Waals surface area contributed by atoms with E-state index in [9.17, 15) is 23.7 Å². The van der Waals surface area contributed by atoms with E-state index in [0.717, 1.165) is 0 Å². The summed E-state index contributed by atoms with van der Waals surface area (Å²) in [5.41, 5.74) is -3.63. The van der Waals surface area contributed by atoms with Gasteiger partial charge in [-0.25, -0.2) is 0 Å². The third-order valence-electron chi connectivity index (χ3n) is 2.73. The molecule has 112 valence electrons. The van der Waals surface area contributed by atoms with Gasteiger partial charge in [-0.3, -0.25) is 13.9 Å². The van der Waals surface area contributed by atoms with Crippen LogP contribution >= 0.6 is 15.2 Å². The van der Waals surface area contributed by atoms with Crippen molar-refractivity contribution in [2.24, 2.45) is 0 Å². The van der Waals surface area contributed by atoms with E-state index in [2.05, 4.69) is 0 Å². The quantitative estimate of drug-likeness (QED) is 0.484. The third-order valence-corrected chi connectivity index (χ3v) is 5.29. The molecule has 0 amide bonds. The van der Waals surface area contributed by atoms with Crippen molar-refractivity contribution in [3.63, 3.8) is 0 Å². The number of carboxylic acid groups (broad SMARTS) is 1. The van der Waals surface area contributed by atoms with E-state index in [1.54, 1.807) is 6.07 Å². The molecule has 0 aliphatic rings. The normalized spacial score (nSPS) is 15.6. The van der Waals surface area contributed by atoms with Crippen molar-refractivity contribution in [1.82, 2.24) is 0 Å². The first-order valence-corrected chi connectivity index (χ1v) is 8.78. The Bertz CT molecular complexity index is 560. The molecule has 0 radical (unpaired) electrons. The minimum Gasteiger partial charge on any atom is -0.481 e. The zero-order chi connectivity index (χ0) is 15.6. The fraction of sp³-hybridized carbons (Fsp3) is 0.300. The Kier molecular flexibility index (Phi) is 5.27. The SMILES string of the molecule is O=C(O)C(CC(c1ccccc1)P(=O)(O)O)P(=O)(O)O. The van der Waals surface area contributed by atoms with Crippen molar-refractivity contribution < 1.29 is 38.6 Å². The van der Waals surface area contributed by atoms with Gasteiger partial charge in [0.2, 0.25) is 0 Å². The van der Waals surface area contributed by atoms with Gasteiger partial charge in [-0.1, -0.05) is 30.3 Å². The van der Waals surface area contributed by atoms with Crippen molar-refractivity contribution in [1.29, 1.82) is 0 Å². The van der Waals surface area contributed by atoms with Crippen LogP contribution in [0.1, 0.15) is 17.6 Å². The molecule has 0 aliphatic carbocycles. The summed E-state index contributed by atoms with van der Waals surface area (Å²) in [6, 6.07) is 7.30. The molecular weight excluding hydrogens is 310 g/mol. The number of aliphatic carboxylic acids is 1. The molecule has 10 heteroatoms. The summed E-state index contributed by atoms with van der Waals surface area (Å²) in [7, 11) is -9.79. The lowest BCUT2D eigenvalue weighted by atomic mass is 10.1. The molecule has 8 nitrogen and oxygen atoms in total. The molecule has 5 N–H and O–H groups in total. The van der Waals surface area contributed by atoms with Crippen molar-refractivity contribution >= 4 is 21.2 Å². The largest absolute Gasteiger partial charge is 0.481 e. The Morgan fingerprint density at radius 2 is 1.50 bits per heavy atom. The molecule has 20 heavy (non-hydrogen) atoms. The van der Waals surface area contributed by atoms with Crippen LogP contribution in [0.15, 0.2) is 30.3 Å². The number of hydrogen-bond donors (Lipinski definition) is 5. The lowest BCUT2D eigenvalue weighted by Crippen LogP contribution is -2.23. The maximum Gasteiger partial charge on any atom is 0.339 e. The molecule has 0 saturated carbocycles. The number of hydrogen-bond acceptors (Lipinski definition) is 3. The van der Waals surface area contributed by atoms with E-state index < -0.39 is 38.9 Å². The summed E-state index contributed by atoms with van der Waals surface area (Å²) in [4.78, 5) is 47.5. The Hall–Kier alpha value is -1.01. The van der Waals surface area contributed by atoms with E-state index >= 15 is 0 Å². The molecule has 1 aromatic rings. The van der Waals surface area contributed by atoms with Gasteiger partial charge in [-0.2, -0.15) is 0 Å². The Morgan fingerprint density at radius 3 is 1.85 bits per heavy atom. The first-order valence-electron chi connectivity index (χ1n) is 5.41. The fourth-order valence-corrected chi connectivity index (χ4v) is 3.72. The highest BCUT2D eigenvalue weighted by atomic mass is 31.2. The maximum atomic E-state index is 11.5. The van der Waals surface area contributed by atoms with E-state index in [4.69, 9.17) is 14.9 Å². The zero-order valence-electron chi connectivity index (χ0n) is 10.1. The minimum absolute atomic E-state index is 0.125. The lowest BCUT2D eigenvalue weighted by molar-refractivity contribution is -0.137. The molecule has 0 fully saturated rings. The van der Waals surface area contributed by atoms with Crippen LogP contribution in [0.5, 0.6) is 0 Å². The van der Waals surface area contributed by atoms with Gasteiger partial charge in [-0.05, 0) is 12.0 Å². The smallest absolute Gasteiger partial charge is 0.339 e. The van der Waals surface area contributed by atoms with Crippen LogP contribution in [0.25, 0.3) is 0 Å². The molecule has 2 atom stereocenters. The number of carboxylic acids is 1. The van der Waals surface area contributed by atoms with E-state index in [1.807, 2.05) is 0 Å². The molecule has 0 aromatic heterocycles. The van der Waals surface area contributed by atoms with Gasteiger partial charge < -0.3 is 24.7 Å². The van der Waals surface area contributed by atoms with E-state index in [0.29, 0.717) is 0 Å². The Balaban J connectivity index is 3.18. The van der Waals surface area contributed by atoms with Crippen LogP contribution in [-0.4, -0.2) is 36.3 Å². The van der Waals surface area contributed by atoms with Crippen LogP contribution in [0.4, 0.5) is 0 Å². The molecular formula is C10H14O8P2. The first-order chi connectivity index (χ1) is 9.03. The van der Waals surface area contributed by atoms with Gasteiger partial charge in [0, 0.05) is 0 Å². The molecule has 1 rings (SSSR count). The summed E-state index contributed by atoms with van der Waals surface area (Å²) < 4.78 is 22.6. The zero-order valence-corrected chi connectivity index (χ0v) is 11.9. The van der Waals surface area contributed by atoms with Gasteiger partial charge >= 0.3 is 21.2 Å². The molecule has 0 heterocycles. The Labute approximate surface area is 114 Å². The Morgan fingerprint density at radius 1 is 1.00 bits per heavy atom.